The number of hydrogen-bond donors (Lipinski definition) is 0. The number of aromatic nitrogens is 2. The topological polar surface area (TPSA) is 77.7 Å². The van der Waals surface area contributed by atoms with Gasteiger partial charge in [-0.25, -0.2) is 0 Å². The third-order valence-electron chi connectivity index (χ3n) is 4.35. The van der Waals surface area contributed by atoms with Crippen molar-refractivity contribution in [3.63, 3.8) is 0 Å². The summed E-state index contributed by atoms with van der Waals surface area (Å²) in [6.45, 7) is 0.511. The molecule has 0 saturated heterocycles. The van der Waals surface area contributed by atoms with E-state index in [1.165, 1.54) is 0 Å². The minimum Gasteiger partial charge on any atom is -0.497 e. The normalized spacial score (nSPS) is 10.5. The van der Waals surface area contributed by atoms with E-state index >= 15 is 0 Å². The molecule has 7 heteroatoms. The molecule has 0 unspecified atom stereocenters. The van der Waals surface area contributed by atoms with E-state index in [0.717, 1.165) is 22.6 Å². The first-order valence-electron chi connectivity index (χ1n) is 8.93. The Morgan fingerprint density at radius 3 is 2.54 bits per heavy atom. The largest absolute Gasteiger partial charge is 0.497 e. The van der Waals surface area contributed by atoms with E-state index in [4.69, 9.17) is 14.0 Å². The number of hydrogen-bond acceptors (Lipinski definition) is 6. The van der Waals surface area contributed by atoms with Crippen molar-refractivity contribution in [3.05, 3.63) is 60.0 Å². The highest BCUT2D eigenvalue weighted by atomic mass is 16.5. The molecule has 0 aliphatic heterocycles. The van der Waals surface area contributed by atoms with Gasteiger partial charge in [-0.2, -0.15) is 4.98 Å². The Hall–Kier alpha value is -3.35. The maximum atomic E-state index is 12.4. The lowest BCUT2D eigenvalue weighted by molar-refractivity contribution is -0.130. The summed E-state index contributed by atoms with van der Waals surface area (Å²) in [4.78, 5) is 18.5. The van der Waals surface area contributed by atoms with Crippen molar-refractivity contribution in [3.8, 4) is 22.9 Å². The van der Waals surface area contributed by atoms with Crippen molar-refractivity contribution in [1.82, 2.24) is 15.0 Å². The van der Waals surface area contributed by atoms with Gasteiger partial charge in [-0.15, -0.1) is 0 Å². The zero-order valence-electron chi connectivity index (χ0n) is 16.2. The number of carbonyl (C=O) groups excluding carboxylic acids is 1. The monoisotopic (exact) mass is 381 g/mol. The van der Waals surface area contributed by atoms with Crippen LogP contribution in [0.2, 0.25) is 0 Å². The van der Waals surface area contributed by atoms with Gasteiger partial charge in [-0.1, -0.05) is 17.3 Å². The Morgan fingerprint density at radius 2 is 1.82 bits per heavy atom. The minimum absolute atomic E-state index is 0.00650. The lowest BCUT2D eigenvalue weighted by atomic mass is 10.2. The molecule has 28 heavy (non-hydrogen) atoms. The molecule has 0 aliphatic rings. The van der Waals surface area contributed by atoms with Gasteiger partial charge < -0.3 is 18.9 Å². The van der Waals surface area contributed by atoms with Crippen molar-refractivity contribution in [2.75, 3.05) is 21.3 Å². The molecule has 0 aliphatic carbocycles. The molecule has 3 rings (SSSR count). The maximum Gasteiger partial charge on any atom is 0.227 e. The molecule has 0 fully saturated rings. The Kier molecular flexibility index (Phi) is 6.26. The second-order valence-corrected chi connectivity index (χ2v) is 6.34. The summed E-state index contributed by atoms with van der Waals surface area (Å²) in [6, 6.07) is 15.1. The second-order valence-electron chi connectivity index (χ2n) is 6.34. The summed E-state index contributed by atoms with van der Waals surface area (Å²) >= 11 is 0. The third kappa shape index (κ3) is 4.88. The minimum atomic E-state index is 0.00650. The second kappa shape index (κ2) is 9.03. The molecule has 146 valence electrons. The van der Waals surface area contributed by atoms with Crippen LogP contribution in [0.3, 0.4) is 0 Å². The number of nitrogens with zero attached hydrogens (tertiary/aromatic N) is 3. The van der Waals surface area contributed by atoms with Gasteiger partial charge in [-0.3, -0.25) is 4.79 Å². The molecule has 1 heterocycles. The van der Waals surface area contributed by atoms with E-state index in [1.807, 2.05) is 48.5 Å². The van der Waals surface area contributed by atoms with Gasteiger partial charge in [0, 0.05) is 32.0 Å². The van der Waals surface area contributed by atoms with Gasteiger partial charge in [0.25, 0.3) is 0 Å². The van der Waals surface area contributed by atoms with E-state index in [2.05, 4.69) is 10.1 Å². The molecule has 3 aromatic rings. The Bertz CT molecular complexity index is 921. The number of ether oxygens (including phenoxy) is 2. The van der Waals surface area contributed by atoms with Gasteiger partial charge in [0.05, 0.1) is 14.2 Å². The standard InChI is InChI=1S/C21H23N3O4/c1-24(14-15-5-4-6-18(13-15)27-3)20(25)12-11-19-22-21(23-28-19)16-7-9-17(26-2)10-8-16/h4-10,13H,11-12,14H2,1-3H3. The Morgan fingerprint density at radius 1 is 1.07 bits per heavy atom. The van der Waals surface area contributed by atoms with Gasteiger partial charge in [0.2, 0.25) is 17.6 Å². The van der Waals surface area contributed by atoms with E-state index < -0.39 is 0 Å². The summed E-state index contributed by atoms with van der Waals surface area (Å²) in [7, 11) is 5.01. The summed E-state index contributed by atoms with van der Waals surface area (Å²) in [6.07, 6.45) is 0.690. The van der Waals surface area contributed by atoms with Crippen LogP contribution in [0, 0.1) is 0 Å². The predicted octanol–water partition coefficient (Wildman–Crippen LogP) is 3.35. The van der Waals surface area contributed by atoms with Crippen LogP contribution in [-0.4, -0.2) is 42.2 Å². The molecule has 2 aromatic carbocycles. The number of aryl methyl sites for hydroxylation is 1. The van der Waals surface area contributed by atoms with Crippen molar-refractivity contribution < 1.29 is 18.8 Å². The first kappa shape index (κ1) is 19.4. The van der Waals surface area contributed by atoms with Crippen LogP contribution < -0.4 is 9.47 Å². The molecular weight excluding hydrogens is 358 g/mol. The van der Waals surface area contributed by atoms with Gasteiger partial charge in [0.15, 0.2) is 0 Å². The molecule has 1 aromatic heterocycles. The zero-order valence-corrected chi connectivity index (χ0v) is 16.2. The van der Waals surface area contributed by atoms with E-state index in [1.54, 1.807) is 26.2 Å². The number of rotatable bonds is 8. The molecule has 0 saturated carbocycles. The summed E-state index contributed by atoms with van der Waals surface area (Å²) in [5.41, 5.74) is 1.84. The number of amides is 1. The van der Waals surface area contributed by atoms with Gasteiger partial charge in [0.1, 0.15) is 11.5 Å². The molecule has 0 bridgehead atoms. The molecule has 7 nitrogen and oxygen atoms in total. The van der Waals surface area contributed by atoms with Crippen LogP contribution in [0.5, 0.6) is 11.5 Å². The molecule has 0 atom stereocenters. The Labute approximate surface area is 163 Å². The highest BCUT2D eigenvalue weighted by Crippen LogP contribution is 2.20. The summed E-state index contributed by atoms with van der Waals surface area (Å²) in [5, 5.41) is 3.99. The SMILES string of the molecule is COc1ccc(-c2noc(CCC(=O)N(C)Cc3cccc(OC)c3)n2)cc1. The zero-order chi connectivity index (χ0) is 19.9. The number of carbonyl (C=O) groups is 1. The molecule has 0 spiro atoms. The van der Waals surface area contributed by atoms with Crippen molar-refractivity contribution in [1.29, 1.82) is 0 Å². The molecule has 0 N–H and O–H groups in total. The average molecular weight is 381 g/mol. The predicted molar refractivity (Wildman–Crippen MR) is 104 cm³/mol. The fourth-order valence-electron chi connectivity index (χ4n) is 2.75. The highest BCUT2D eigenvalue weighted by molar-refractivity contribution is 5.76. The third-order valence-corrected chi connectivity index (χ3v) is 4.35. The van der Waals surface area contributed by atoms with E-state index in [9.17, 15) is 4.79 Å². The fraction of sp³-hybridized carbons (Fsp3) is 0.286. The van der Waals surface area contributed by atoms with Gasteiger partial charge in [-0.05, 0) is 42.0 Å². The summed E-state index contributed by atoms with van der Waals surface area (Å²) in [5.74, 6) is 2.48. The fourth-order valence-corrected chi connectivity index (χ4v) is 2.75. The van der Waals surface area contributed by atoms with Crippen molar-refractivity contribution >= 4 is 5.91 Å². The quantitative estimate of drug-likeness (QED) is 0.595. The maximum absolute atomic E-state index is 12.4. The van der Waals surface area contributed by atoms with Crippen LogP contribution in [-0.2, 0) is 17.8 Å². The van der Waals surface area contributed by atoms with Gasteiger partial charge >= 0.3 is 0 Å². The molecule has 1 amide bonds. The van der Waals surface area contributed by atoms with Crippen molar-refractivity contribution in [2.24, 2.45) is 0 Å². The van der Waals surface area contributed by atoms with Crippen LogP contribution >= 0.6 is 0 Å². The van der Waals surface area contributed by atoms with Crippen LogP contribution in [0.25, 0.3) is 11.4 Å². The molecular formula is C21H23N3O4. The number of benzene rings is 2. The van der Waals surface area contributed by atoms with Crippen LogP contribution in [0.1, 0.15) is 17.9 Å². The highest BCUT2D eigenvalue weighted by Gasteiger charge is 2.14. The first-order chi connectivity index (χ1) is 13.6. The van der Waals surface area contributed by atoms with Crippen LogP contribution in [0.4, 0.5) is 0 Å². The Balaban J connectivity index is 1.54. The lowest BCUT2D eigenvalue weighted by Crippen LogP contribution is -2.26. The average Bonchev–Trinajstić information content (AvgIpc) is 3.21. The lowest BCUT2D eigenvalue weighted by Gasteiger charge is -2.17. The van der Waals surface area contributed by atoms with Crippen molar-refractivity contribution in [2.45, 2.75) is 19.4 Å². The van der Waals surface area contributed by atoms with E-state index in [-0.39, 0.29) is 5.91 Å². The summed E-state index contributed by atoms with van der Waals surface area (Å²) < 4.78 is 15.6. The van der Waals surface area contributed by atoms with E-state index in [0.29, 0.717) is 31.1 Å². The smallest absolute Gasteiger partial charge is 0.227 e. The number of methoxy groups -OCH3 is 2. The molecule has 0 radical (unpaired) electrons. The first-order valence-corrected chi connectivity index (χ1v) is 8.93. The van der Waals surface area contributed by atoms with Crippen LogP contribution in [0.15, 0.2) is 53.1 Å².